The highest BCUT2D eigenvalue weighted by Crippen LogP contribution is 2.41. The average Bonchev–Trinajstić information content (AvgIpc) is 3.25. The SMILES string of the molecule is c1ccc(-c2ccc(N(c3ccc(-c4ccccc4)cc3)c3ccc(-c4cc(-c5ccccc5)ccc4-c4cccc5ccccc45)cc3)cc2)cc1. The lowest BCUT2D eigenvalue weighted by molar-refractivity contribution is 1.28. The minimum atomic E-state index is 1.10. The molecule has 0 aromatic heterocycles. The number of fused-ring (bicyclic) bond motifs is 1. The molecule has 0 saturated heterocycles. The predicted octanol–water partition coefficient (Wildman–Crippen LogP) is 14.6. The first-order valence-electron chi connectivity index (χ1n) is 18.2. The Morgan fingerprint density at radius 2 is 0.623 bits per heavy atom. The number of rotatable bonds is 8. The van der Waals surface area contributed by atoms with Crippen molar-refractivity contribution in [3.8, 4) is 55.6 Å². The molecule has 53 heavy (non-hydrogen) atoms. The van der Waals surface area contributed by atoms with Gasteiger partial charge in [0.1, 0.15) is 0 Å². The standard InChI is InChI=1S/C52H37N/c1-4-13-38(14-5-1)41-23-30-46(31-24-41)53(47-32-25-42(26-33-47)39-15-6-2-7-16-39)48-34-27-44(28-35-48)52-37-45(40-17-8-3-9-18-40)29-36-51(52)50-22-12-20-43-19-10-11-21-49(43)50/h1-37H. The van der Waals surface area contributed by atoms with Crippen LogP contribution in [-0.4, -0.2) is 0 Å². The molecule has 0 N–H and O–H groups in total. The maximum atomic E-state index is 2.35. The Hall–Kier alpha value is -6.96. The first-order chi connectivity index (χ1) is 26.3. The smallest absolute Gasteiger partial charge is 0.0462 e. The molecule has 0 radical (unpaired) electrons. The first-order valence-corrected chi connectivity index (χ1v) is 18.2. The molecule has 0 aliphatic carbocycles. The summed E-state index contributed by atoms with van der Waals surface area (Å²) >= 11 is 0. The molecule has 9 aromatic rings. The fraction of sp³-hybridized carbons (Fsp3) is 0. The van der Waals surface area contributed by atoms with Crippen molar-refractivity contribution in [2.24, 2.45) is 0 Å². The second-order valence-electron chi connectivity index (χ2n) is 13.4. The van der Waals surface area contributed by atoms with Crippen molar-refractivity contribution in [1.29, 1.82) is 0 Å². The van der Waals surface area contributed by atoms with Crippen molar-refractivity contribution in [3.63, 3.8) is 0 Å². The van der Waals surface area contributed by atoms with Crippen molar-refractivity contribution in [2.45, 2.75) is 0 Å². The fourth-order valence-corrected chi connectivity index (χ4v) is 7.39. The molecule has 0 aliphatic rings. The van der Waals surface area contributed by atoms with Crippen LogP contribution in [0.4, 0.5) is 17.1 Å². The zero-order valence-corrected chi connectivity index (χ0v) is 29.3. The topological polar surface area (TPSA) is 3.24 Å². The van der Waals surface area contributed by atoms with Gasteiger partial charge in [-0.05, 0) is 109 Å². The Bertz CT molecular complexity index is 2520. The summed E-state index contributed by atoms with van der Waals surface area (Å²) < 4.78 is 0. The molecule has 0 unspecified atom stereocenters. The van der Waals surface area contributed by atoms with Crippen LogP contribution in [0.3, 0.4) is 0 Å². The normalized spacial score (nSPS) is 11.0. The maximum absolute atomic E-state index is 2.35. The van der Waals surface area contributed by atoms with Gasteiger partial charge in [0.05, 0.1) is 0 Å². The summed E-state index contributed by atoms with van der Waals surface area (Å²) in [6.07, 6.45) is 0. The van der Waals surface area contributed by atoms with E-state index in [-0.39, 0.29) is 0 Å². The van der Waals surface area contributed by atoms with Crippen LogP contribution in [0.25, 0.3) is 66.4 Å². The van der Waals surface area contributed by atoms with E-state index in [9.17, 15) is 0 Å². The van der Waals surface area contributed by atoms with Gasteiger partial charge in [0.15, 0.2) is 0 Å². The van der Waals surface area contributed by atoms with Crippen LogP contribution in [0.1, 0.15) is 0 Å². The fourth-order valence-electron chi connectivity index (χ4n) is 7.39. The Balaban J connectivity index is 1.15. The summed E-state index contributed by atoms with van der Waals surface area (Å²) in [5.41, 5.74) is 15.4. The summed E-state index contributed by atoms with van der Waals surface area (Å²) in [5.74, 6) is 0. The van der Waals surface area contributed by atoms with Crippen molar-refractivity contribution < 1.29 is 0 Å². The highest BCUT2D eigenvalue weighted by Gasteiger charge is 2.16. The molecule has 1 nitrogen and oxygen atoms in total. The summed E-state index contributed by atoms with van der Waals surface area (Å²) in [6, 6.07) is 80.8. The van der Waals surface area contributed by atoms with E-state index in [2.05, 4.69) is 229 Å². The molecule has 0 spiro atoms. The number of benzene rings is 9. The average molecular weight is 676 g/mol. The van der Waals surface area contributed by atoms with E-state index < -0.39 is 0 Å². The molecule has 0 heterocycles. The summed E-state index contributed by atoms with van der Waals surface area (Å²) in [5, 5.41) is 2.50. The van der Waals surface area contributed by atoms with Gasteiger partial charge in [-0.15, -0.1) is 0 Å². The van der Waals surface area contributed by atoms with Gasteiger partial charge in [-0.3, -0.25) is 0 Å². The third-order valence-electron chi connectivity index (χ3n) is 10.1. The van der Waals surface area contributed by atoms with Crippen molar-refractivity contribution in [2.75, 3.05) is 4.90 Å². The number of hydrogen-bond acceptors (Lipinski definition) is 1. The number of hydrogen-bond donors (Lipinski definition) is 0. The maximum Gasteiger partial charge on any atom is 0.0462 e. The molecule has 0 bridgehead atoms. The van der Waals surface area contributed by atoms with Gasteiger partial charge in [-0.1, -0.05) is 182 Å². The zero-order valence-electron chi connectivity index (χ0n) is 29.3. The van der Waals surface area contributed by atoms with Gasteiger partial charge in [0.2, 0.25) is 0 Å². The van der Waals surface area contributed by atoms with Crippen molar-refractivity contribution in [3.05, 3.63) is 224 Å². The van der Waals surface area contributed by atoms with E-state index in [4.69, 9.17) is 0 Å². The van der Waals surface area contributed by atoms with E-state index in [1.54, 1.807) is 0 Å². The van der Waals surface area contributed by atoms with Gasteiger partial charge in [0, 0.05) is 17.1 Å². The Labute approximate surface area is 311 Å². The van der Waals surface area contributed by atoms with Gasteiger partial charge in [-0.2, -0.15) is 0 Å². The van der Waals surface area contributed by atoms with Gasteiger partial charge in [-0.25, -0.2) is 0 Å². The van der Waals surface area contributed by atoms with Crippen LogP contribution < -0.4 is 4.90 Å². The second kappa shape index (κ2) is 14.3. The van der Waals surface area contributed by atoms with Crippen LogP contribution >= 0.6 is 0 Å². The second-order valence-corrected chi connectivity index (χ2v) is 13.4. The quantitative estimate of drug-likeness (QED) is 0.155. The lowest BCUT2D eigenvalue weighted by Gasteiger charge is -2.26. The Kier molecular flexibility index (Phi) is 8.66. The van der Waals surface area contributed by atoms with Gasteiger partial charge >= 0.3 is 0 Å². The molecule has 0 saturated carbocycles. The number of nitrogens with zero attached hydrogens (tertiary/aromatic N) is 1. The van der Waals surface area contributed by atoms with E-state index >= 15 is 0 Å². The molecular formula is C52H37N. The summed E-state index contributed by atoms with van der Waals surface area (Å²) in [7, 11) is 0. The number of anilines is 3. The molecule has 0 aliphatic heterocycles. The predicted molar refractivity (Wildman–Crippen MR) is 226 cm³/mol. The van der Waals surface area contributed by atoms with E-state index in [0.717, 1.165) is 17.1 Å². The molecular weight excluding hydrogens is 639 g/mol. The lowest BCUT2D eigenvalue weighted by atomic mass is 9.89. The molecule has 0 fully saturated rings. The minimum absolute atomic E-state index is 1.10. The highest BCUT2D eigenvalue weighted by molar-refractivity contribution is 6.01. The van der Waals surface area contributed by atoms with Crippen LogP contribution in [-0.2, 0) is 0 Å². The lowest BCUT2D eigenvalue weighted by Crippen LogP contribution is -2.09. The zero-order chi connectivity index (χ0) is 35.4. The highest BCUT2D eigenvalue weighted by atomic mass is 15.1. The van der Waals surface area contributed by atoms with Crippen LogP contribution in [0.15, 0.2) is 224 Å². The molecule has 9 rings (SSSR count). The molecule has 250 valence electrons. The van der Waals surface area contributed by atoms with Gasteiger partial charge in [0.25, 0.3) is 0 Å². The molecule has 0 atom stereocenters. The molecule has 9 aromatic carbocycles. The largest absolute Gasteiger partial charge is 0.311 e. The minimum Gasteiger partial charge on any atom is -0.311 e. The van der Waals surface area contributed by atoms with Crippen LogP contribution in [0, 0.1) is 0 Å². The summed E-state index contributed by atoms with van der Waals surface area (Å²) in [6.45, 7) is 0. The van der Waals surface area contributed by atoms with E-state index in [1.807, 2.05) is 0 Å². The van der Waals surface area contributed by atoms with Crippen molar-refractivity contribution >= 4 is 27.8 Å². The molecule has 0 amide bonds. The Morgan fingerprint density at radius 3 is 1.15 bits per heavy atom. The van der Waals surface area contributed by atoms with Crippen LogP contribution in [0.2, 0.25) is 0 Å². The van der Waals surface area contributed by atoms with E-state index in [0.29, 0.717) is 0 Å². The Morgan fingerprint density at radius 1 is 0.226 bits per heavy atom. The van der Waals surface area contributed by atoms with E-state index in [1.165, 1.54) is 66.4 Å². The van der Waals surface area contributed by atoms with Crippen molar-refractivity contribution in [1.82, 2.24) is 0 Å². The summed E-state index contributed by atoms with van der Waals surface area (Å²) in [4.78, 5) is 2.35. The third kappa shape index (κ3) is 6.53. The van der Waals surface area contributed by atoms with Gasteiger partial charge < -0.3 is 4.90 Å². The molecule has 1 heteroatoms. The monoisotopic (exact) mass is 675 g/mol. The third-order valence-corrected chi connectivity index (χ3v) is 10.1. The first kappa shape index (κ1) is 32.0. The van der Waals surface area contributed by atoms with Crippen LogP contribution in [0.5, 0.6) is 0 Å².